The van der Waals surface area contributed by atoms with E-state index in [2.05, 4.69) is 50.4 Å². The lowest BCUT2D eigenvalue weighted by atomic mass is 9.86. The number of methoxy groups -OCH3 is 1. The monoisotopic (exact) mass is 498 g/mol. The van der Waals surface area contributed by atoms with Crippen LogP contribution in [0.2, 0.25) is 0 Å². The Morgan fingerprint density at radius 2 is 1.83 bits per heavy atom. The summed E-state index contributed by atoms with van der Waals surface area (Å²) in [5.41, 5.74) is 3.39. The largest absolute Gasteiger partial charge is 0.496 e. The lowest BCUT2D eigenvalue weighted by molar-refractivity contribution is -0.139. The van der Waals surface area contributed by atoms with Gasteiger partial charge in [-0.25, -0.2) is 8.42 Å². The normalized spacial score (nSPS) is 24.3. The molecule has 2 fully saturated rings. The molecule has 190 valence electrons. The molecule has 1 amide bonds. The van der Waals surface area contributed by atoms with Crippen LogP contribution >= 0.6 is 0 Å². The van der Waals surface area contributed by atoms with Gasteiger partial charge in [0.15, 0.2) is 9.84 Å². The second-order valence-corrected chi connectivity index (χ2v) is 13.1. The topological polar surface area (TPSA) is 75.7 Å². The fraction of sp³-hybridized carbons (Fsp3) is 0.536. The molecule has 2 heterocycles. The summed E-state index contributed by atoms with van der Waals surface area (Å²) in [7, 11) is -1.50. The third-order valence-electron chi connectivity index (χ3n) is 7.31. The van der Waals surface area contributed by atoms with E-state index >= 15 is 0 Å². The number of sulfone groups is 1. The molecular formula is C28H38N2O4S. The van der Waals surface area contributed by atoms with E-state index in [4.69, 9.17) is 4.74 Å². The van der Waals surface area contributed by atoms with Gasteiger partial charge in [-0.15, -0.1) is 0 Å². The highest BCUT2D eigenvalue weighted by atomic mass is 32.2. The molecule has 2 aliphatic rings. The molecule has 4 rings (SSSR count). The fourth-order valence-electron chi connectivity index (χ4n) is 5.36. The van der Waals surface area contributed by atoms with Gasteiger partial charge in [-0.3, -0.25) is 10.1 Å². The first-order chi connectivity index (χ1) is 16.6. The van der Waals surface area contributed by atoms with Crippen molar-refractivity contribution >= 4 is 15.7 Å². The summed E-state index contributed by atoms with van der Waals surface area (Å²) < 4.78 is 30.2. The summed E-state index contributed by atoms with van der Waals surface area (Å²) in [5, 5.41) is 3.62. The lowest BCUT2D eigenvalue weighted by Crippen LogP contribution is -2.49. The molecule has 0 bridgehead atoms. The van der Waals surface area contributed by atoms with Gasteiger partial charge in [0.2, 0.25) is 5.91 Å². The van der Waals surface area contributed by atoms with Crippen molar-refractivity contribution in [3.8, 4) is 5.75 Å². The summed E-state index contributed by atoms with van der Waals surface area (Å²) in [6, 6.07) is 16.3. The summed E-state index contributed by atoms with van der Waals surface area (Å²) >= 11 is 0. The van der Waals surface area contributed by atoms with Gasteiger partial charge in [-0.1, -0.05) is 63.2 Å². The molecule has 0 spiro atoms. The highest BCUT2D eigenvalue weighted by molar-refractivity contribution is 7.91. The number of amides is 1. The SMILES string of the molecule is COc1ccc(C(C)(C)C)cc1CNC1CCC(c2ccccc2)N1C(=O)C1CCCS(=O)(=O)C1. The van der Waals surface area contributed by atoms with E-state index in [-0.39, 0.29) is 35.0 Å². The van der Waals surface area contributed by atoms with Crippen LogP contribution in [0.15, 0.2) is 48.5 Å². The van der Waals surface area contributed by atoms with Crippen LogP contribution in [0.5, 0.6) is 5.75 Å². The fourth-order valence-corrected chi connectivity index (χ4v) is 7.06. The molecule has 0 aliphatic carbocycles. The van der Waals surface area contributed by atoms with Crippen molar-refractivity contribution in [1.29, 1.82) is 0 Å². The molecule has 0 radical (unpaired) electrons. The predicted molar refractivity (Wildman–Crippen MR) is 139 cm³/mol. The second kappa shape index (κ2) is 10.3. The molecule has 2 aliphatic heterocycles. The molecule has 2 saturated heterocycles. The molecule has 0 saturated carbocycles. The van der Waals surface area contributed by atoms with Gasteiger partial charge in [0.1, 0.15) is 5.75 Å². The van der Waals surface area contributed by atoms with Gasteiger partial charge in [0.05, 0.1) is 36.7 Å². The number of benzene rings is 2. The first-order valence-corrected chi connectivity index (χ1v) is 14.4. The Morgan fingerprint density at radius 1 is 1.09 bits per heavy atom. The number of nitrogens with zero attached hydrogens (tertiary/aromatic N) is 1. The minimum absolute atomic E-state index is 0.0151. The minimum Gasteiger partial charge on any atom is -0.496 e. The quantitative estimate of drug-likeness (QED) is 0.630. The van der Waals surface area contributed by atoms with Gasteiger partial charge in [0.25, 0.3) is 0 Å². The predicted octanol–water partition coefficient (Wildman–Crippen LogP) is 4.60. The summed E-state index contributed by atoms with van der Waals surface area (Å²) in [6.07, 6.45) is 2.67. The molecule has 7 heteroatoms. The average molecular weight is 499 g/mol. The van der Waals surface area contributed by atoms with Crippen LogP contribution in [0.3, 0.4) is 0 Å². The molecule has 3 unspecified atom stereocenters. The number of hydrogen-bond donors (Lipinski definition) is 1. The average Bonchev–Trinajstić information content (AvgIpc) is 3.25. The van der Waals surface area contributed by atoms with Crippen molar-refractivity contribution in [1.82, 2.24) is 10.2 Å². The number of carbonyl (C=O) groups is 1. The summed E-state index contributed by atoms with van der Waals surface area (Å²) in [4.78, 5) is 15.7. The van der Waals surface area contributed by atoms with Crippen molar-refractivity contribution < 1.29 is 17.9 Å². The van der Waals surface area contributed by atoms with Crippen LogP contribution in [0.1, 0.15) is 69.2 Å². The lowest BCUT2D eigenvalue weighted by Gasteiger charge is -2.35. The molecule has 35 heavy (non-hydrogen) atoms. The van der Waals surface area contributed by atoms with Gasteiger partial charge >= 0.3 is 0 Å². The van der Waals surface area contributed by atoms with Crippen molar-refractivity contribution in [3.05, 3.63) is 65.2 Å². The molecule has 0 aromatic heterocycles. The molecule has 1 N–H and O–H groups in total. The van der Waals surface area contributed by atoms with E-state index in [9.17, 15) is 13.2 Å². The molecule has 6 nitrogen and oxygen atoms in total. The zero-order valence-electron chi connectivity index (χ0n) is 21.3. The van der Waals surface area contributed by atoms with Crippen molar-refractivity contribution in [2.75, 3.05) is 18.6 Å². The van der Waals surface area contributed by atoms with Crippen LogP contribution in [0.4, 0.5) is 0 Å². The number of nitrogens with one attached hydrogen (secondary N) is 1. The highest BCUT2D eigenvalue weighted by Gasteiger charge is 2.42. The van der Waals surface area contributed by atoms with E-state index < -0.39 is 15.8 Å². The zero-order chi connectivity index (χ0) is 25.2. The number of hydrogen-bond acceptors (Lipinski definition) is 5. The Labute approximate surface area is 210 Å². The van der Waals surface area contributed by atoms with Crippen LogP contribution in [0.25, 0.3) is 0 Å². The second-order valence-electron chi connectivity index (χ2n) is 10.9. The van der Waals surface area contributed by atoms with Crippen LogP contribution in [-0.2, 0) is 26.6 Å². The first-order valence-electron chi connectivity index (χ1n) is 12.6. The van der Waals surface area contributed by atoms with E-state index in [1.807, 2.05) is 29.2 Å². The standard InChI is InChI=1S/C28H38N2O4S/c1-28(2,3)23-12-14-25(34-4)22(17-23)18-29-26-15-13-24(20-9-6-5-7-10-20)30(26)27(31)21-11-8-16-35(32,33)19-21/h5-7,9-10,12,14,17,21,24,26,29H,8,11,13,15-16,18-19H2,1-4H3. The Hall–Kier alpha value is -2.38. The number of rotatable bonds is 6. The number of ether oxygens (including phenoxy) is 1. The summed E-state index contributed by atoms with van der Waals surface area (Å²) in [6.45, 7) is 7.12. The Morgan fingerprint density at radius 3 is 2.49 bits per heavy atom. The third kappa shape index (κ3) is 5.89. The van der Waals surface area contributed by atoms with Crippen molar-refractivity contribution in [3.63, 3.8) is 0 Å². The smallest absolute Gasteiger partial charge is 0.228 e. The molecular weight excluding hydrogens is 460 g/mol. The van der Waals surface area contributed by atoms with Crippen molar-refractivity contribution in [2.45, 2.75) is 70.6 Å². The van der Waals surface area contributed by atoms with Crippen molar-refractivity contribution in [2.24, 2.45) is 5.92 Å². The molecule has 3 atom stereocenters. The number of carbonyl (C=O) groups excluding carboxylic acids is 1. The molecule has 2 aromatic rings. The van der Waals surface area contributed by atoms with Crippen LogP contribution in [0, 0.1) is 5.92 Å². The van der Waals surface area contributed by atoms with E-state index in [0.29, 0.717) is 19.4 Å². The maximum Gasteiger partial charge on any atom is 0.228 e. The van der Waals surface area contributed by atoms with E-state index in [1.165, 1.54) is 5.56 Å². The summed E-state index contributed by atoms with van der Waals surface area (Å²) in [5.74, 6) is 0.440. The minimum atomic E-state index is -3.17. The maximum absolute atomic E-state index is 13.8. The Bertz CT molecular complexity index is 1140. The zero-order valence-corrected chi connectivity index (χ0v) is 22.1. The van der Waals surface area contributed by atoms with E-state index in [0.717, 1.165) is 29.7 Å². The van der Waals surface area contributed by atoms with E-state index in [1.54, 1.807) is 7.11 Å². The Balaban J connectivity index is 1.59. The molecule has 2 aromatic carbocycles. The first kappa shape index (κ1) is 25.7. The maximum atomic E-state index is 13.8. The van der Waals surface area contributed by atoms with Gasteiger partial charge in [-0.2, -0.15) is 0 Å². The van der Waals surface area contributed by atoms with Crippen LogP contribution < -0.4 is 10.1 Å². The number of likely N-dealkylation sites (tertiary alicyclic amines) is 1. The van der Waals surface area contributed by atoms with Gasteiger partial charge in [-0.05, 0) is 48.3 Å². The van der Waals surface area contributed by atoms with Gasteiger partial charge < -0.3 is 9.64 Å². The Kier molecular flexibility index (Phi) is 7.57. The van der Waals surface area contributed by atoms with Gasteiger partial charge in [0, 0.05) is 12.1 Å². The van der Waals surface area contributed by atoms with Crippen LogP contribution in [-0.4, -0.2) is 44.0 Å². The highest BCUT2D eigenvalue weighted by Crippen LogP contribution is 2.38. The third-order valence-corrected chi connectivity index (χ3v) is 9.13.